The molecule has 158 valence electrons. The molecule has 29 heavy (non-hydrogen) atoms. The monoisotopic (exact) mass is 409 g/mol. The Morgan fingerprint density at radius 2 is 1.38 bits per heavy atom. The Hall–Kier alpha value is -2.25. The molecule has 0 spiro atoms. The van der Waals surface area contributed by atoms with Crippen molar-refractivity contribution in [1.82, 2.24) is 4.90 Å². The van der Waals surface area contributed by atoms with Crippen LogP contribution in [0.5, 0.6) is 11.5 Å². The third-order valence-corrected chi connectivity index (χ3v) is 5.26. The second kappa shape index (κ2) is 7.54. The van der Waals surface area contributed by atoms with Crippen LogP contribution >= 0.6 is 0 Å². The van der Waals surface area contributed by atoms with Crippen LogP contribution in [0.2, 0.25) is 0 Å². The number of hydrogen-bond donors (Lipinski definition) is 1. The van der Waals surface area contributed by atoms with Gasteiger partial charge in [0, 0.05) is 18.5 Å². The highest BCUT2D eigenvalue weighted by Gasteiger charge is 2.55. The molecule has 2 aromatic carbocycles. The molecule has 1 atom stereocenters. The third kappa shape index (κ3) is 4.36. The van der Waals surface area contributed by atoms with Gasteiger partial charge in [-0.3, -0.25) is 0 Å². The van der Waals surface area contributed by atoms with Gasteiger partial charge in [0.1, 0.15) is 17.1 Å². The minimum atomic E-state index is -4.76. The van der Waals surface area contributed by atoms with E-state index in [0.29, 0.717) is 30.0 Å². The Bertz CT molecular complexity index is 828. The predicted octanol–water partition coefficient (Wildman–Crippen LogP) is 4.56. The van der Waals surface area contributed by atoms with Gasteiger partial charge in [-0.25, -0.2) is 0 Å². The van der Waals surface area contributed by atoms with Gasteiger partial charge in [-0.15, -0.1) is 13.2 Å². The number of rotatable bonds is 6. The summed E-state index contributed by atoms with van der Waals surface area (Å²) in [5, 5.41) is 11.9. The molecular formula is C22H26F3NO3. The summed E-state index contributed by atoms with van der Waals surface area (Å²) in [6.45, 7) is 7.13. The number of ether oxygens (including phenoxy) is 2. The smallest absolute Gasteiger partial charge is 0.491 e. The second-order valence-corrected chi connectivity index (χ2v) is 8.21. The van der Waals surface area contributed by atoms with Crippen LogP contribution in [0.25, 0.3) is 0 Å². The first kappa shape index (κ1) is 21.5. The lowest BCUT2D eigenvalue weighted by Crippen LogP contribution is -2.63. The fourth-order valence-electron chi connectivity index (χ4n) is 4.18. The van der Waals surface area contributed by atoms with Gasteiger partial charge in [0.15, 0.2) is 0 Å². The Morgan fingerprint density at radius 1 is 0.931 bits per heavy atom. The van der Waals surface area contributed by atoms with Crippen LogP contribution in [0, 0.1) is 5.41 Å². The second-order valence-electron chi connectivity index (χ2n) is 8.21. The van der Waals surface area contributed by atoms with E-state index in [4.69, 9.17) is 4.74 Å². The van der Waals surface area contributed by atoms with Crippen molar-refractivity contribution in [2.75, 3.05) is 20.1 Å². The van der Waals surface area contributed by atoms with Crippen molar-refractivity contribution in [3.63, 3.8) is 0 Å². The summed E-state index contributed by atoms with van der Waals surface area (Å²) in [4.78, 5) is 2.09. The Morgan fingerprint density at radius 3 is 1.76 bits per heavy atom. The summed E-state index contributed by atoms with van der Waals surface area (Å²) in [6, 6.07) is 12.7. The molecule has 7 heteroatoms. The predicted molar refractivity (Wildman–Crippen MR) is 104 cm³/mol. The van der Waals surface area contributed by atoms with Gasteiger partial charge < -0.3 is 19.5 Å². The summed E-state index contributed by atoms with van der Waals surface area (Å²) in [5.41, 5.74) is -0.713. The van der Waals surface area contributed by atoms with Crippen molar-refractivity contribution < 1.29 is 27.8 Å². The SMILES string of the molecule is CC(C)Oc1ccc([C@@](O)(c2ccc(OC(F)(F)F)cc2)C2(C)CN(C)C2)cc1. The molecule has 1 aliphatic heterocycles. The molecule has 1 fully saturated rings. The quantitative estimate of drug-likeness (QED) is 0.760. The van der Waals surface area contributed by atoms with Crippen LogP contribution < -0.4 is 9.47 Å². The number of nitrogens with zero attached hydrogens (tertiary/aromatic N) is 1. The number of halogens is 3. The van der Waals surface area contributed by atoms with Crippen LogP contribution in [0.15, 0.2) is 48.5 Å². The van der Waals surface area contributed by atoms with E-state index in [2.05, 4.69) is 9.64 Å². The maximum absolute atomic E-state index is 12.5. The van der Waals surface area contributed by atoms with E-state index in [-0.39, 0.29) is 11.9 Å². The van der Waals surface area contributed by atoms with E-state index in [9.17, 15) is 18.3 Å². The third-order valence-electron chi connectivity index (χ3n) is 5.26. The molecule has 0 aromatic heterocycles. The van der Waals surface area contributed by atoms with Crippen molar-refractivity contribution in [3.8, 4) is 11.5 Å². The minimum absolute atomic E-state index is 0.0266. The Balaban J connectivity index is 1.99. The van der Waals surface area contributed by atoms with E-state index in [1.807, 2.05) is 27.8 Å². The molecule has 0 aliphatic carbocycles. The van der Waals surface area contributed by atoms with Gasteiger partial charge in [-0.05, 0) is 56.3 Å². The van der Waals surface area contributed by atoms with Crippen molar-refractivity contribution >= 4 is 0 Å². The van der Waals surface area contributed by atoms with Crippen molar-refractivity contribution in [2.24, 2.45) is 5.41 Å². The average molecular weight is 409 g/mol. The standard InChI is InChI=1S/C22H26F3NO3/c1-15(2)28-18-9-5-16(6-10-18)21(27,20(3)13-26(4)14-20)17-7-11-19(12-8-17)29-22(23,24)25/h5-12,15,27H,13-14H2,1-4H3/t21-/m1/s1. The zero-order valence-corrected chi connectivity index (χ0v) is 17.0. The van der Waals surface area contributed by atoms with Gasteiger partial charge in [0.05, 0.1) is 6.10 Å². The molecule has 0 saturated carbocycles. The van der Waals surface area contributed by atoms with Crippen molar-refractivity contribution in [3.05, 3.63) is 59.7 Å². The fourth-order valence-corrected chi connectivity index (χ4v) is 4.18. The average Bonchev–Trinajstić information content (AvgIpc) is 2.59. The molecule has 1 N–H and O–H groups in total. The minimum Gasteiger partial charge on any atom is -0.491 e. The largest absolute Gasteiger partial charge is 0.573 e. The van der Waals surface area contributed by atoms with Crippen molar-refractivity contribution in [1.29, 1.82) is 0 Å². The Kier molecular flexibility index (Phi) is 5.58. The number of aliphatic hydroxyl groups is 1. The van der Waals surface area contributed by atoms with Crippen LogP contribution in [0.3, 0.4) is 0 Å². The highest BCUT2D eigenvalue weighted by Crippen LogP contribution is 2.50. The Labute approximate surface area is 168 Å². The summed E-state index contributed by atoms with van der Waals surface area (Å²) in [6.07, 6.45) is -4.73. The lowest BCUT2D eigenvalue weighted by atomic mass is 9.62. The number of likely N-dealkylation sites (tertiary alicyclic amines) is 1. The molecule has 1 saturated heterocycles. The number of alkyl halides is 3. The van der Waals surface area contributed by atoms with Crippen LogP contribution in [0.1, 0.15) is 31.9 Å². The van der Waals surface area contributed by atoms with Gasteiger partial charge in [-0.1, -0.05) is 31.2 Å². The van der Waals surface area contributed by atoms with E-state index in [0.717, 1.165) is 0 Å². The van der Waals surface area contributed by atoms with Crippen LogP contribution in [-0.4, -0.2) is 42.6 Å². The molecule has 0 amide bonds. The van der Waals surface area contributed by atoms with Gasteiger partial charge in [0.25, 0.3) is 0 Å². The first-order chi connectivity index (χ1) is 13.4. The van der Waals surface area contributed by atoms with E-state index >= 15 is 0 Å². The zero-order chi connectivity index (χ0) is 21.4. The molecule has 0 bridgehead atoms. The van der Waals surface area contributed by atoms with E-state index in [1.165, 1.54) is 24.3 Å². The first-order valence-electron chi connectivity index (χ1n) is 9.47. The molecule has 1 aliphatic rings. The van der Waals surface area contributed by atoms with Gasteiger partial charge in [-0.2, -0.15) is 0 Å². The number of benzene rings is 2. The summed E-state index contributed by atoms with van der Waals surface area (Å²) < 4.78 is 47.1. The summed E-state index contributed by atoms with van der Waals surface area (Å²) in [5.74, 6) is 0.371. The topological polar surface area (TPSA) is 41.9 Å². The summed E-state index contributed by atoms with van der Waals surface area (Å²) >= 11 is 0. The highest BCUT2D eigenvalue weighted by atomic mass is 19.4. The first-order valence-corrected chi connectivity index (χ1v) is 9.47. The summed E-state index contributed by atoms with van der Waals surface area (Å²) in [7, 11) is 1.96. The van der Waals surface area contributed by atoms with E-state index in [1.54, 1.807) is 24.3 Å². The molecule has 3 rings (SSSR count). The number of hydrogen-bond acceptors (Lipinski definition) is 4. The van der Waals surface area contributed by atoms with Crippen molar-refractivity contribution in [2.45, 2.75) is 38.8 Å². The zero-order valence-electron chi connectivity index (χ0n) is 17.0. The molecule has 0 radical (unpaired) electrons. The van der Waals surface area contributed by atoms with Crippen LogP contribution in [0.4, 0.5) is 13.2 Å². The molecule has 4 nitrogen and oxygen atoms in total. The fraction of sp³-hybridized carbons (Fsp3) is 0.455. The van der Waals surface area contributed by atoms with Gasteiger partial charge >= 0.3 is 6.36 Å². The highest BCUT2D eigenvalue weighted by molar-refractivity contribution is 5.44. The van der Waals surface area contributed by atoms with Gasteiger partial charge in [0.2, 0.25) is 0 Å². The molecule has 2 aromatic rings. The maximum atomic E-state index is 12.5. The lowest BCUT2D eigenvalue weighted by Gasteiger charge is -2.56. The molecule has 0 unspecified atom stereocenters. The maximum Gasteiger partial charge on any atom is 0.573 e. The van der Waals surface area contributed by atoms with E-state index < -0.39 is 17.4 Å². The lowest BCUT2D eigenvalue weighted by molar-refractivity contribution is -0.274. The molecular weight excluding hydrogens is 383 g/mol. The normalized spacial score (nSPS) is 18.8. The van der Waals surface area contributed by atoms with Crippen LogP contribution in [-0.2, 0) is 5.60 Å². The molecule has 1 heterocycles.